The molecule has 1 fully saturated rings. The van der Waals surface area contributed by atoms with Gasteiger partial charge in [0.15, 0.2) is 0 Å². The highest BCUT2D eigenvalue weighted by Crippen LogP contribution is 2.33. The molecule has 3 atom stereocenters. The highest BCUT2D eigenvalue weighted by Gasteiger charge is 2.47. The summed E-state index contributed by atoms with van der Waals surface area (Å²) in [6.45, 7) is 10.1. The first-order valence-electron chi connectivity index (χ1n) is 14.1. The van der Waals surface area contributed by atoms with Gasteiger partial charge in [-0.15, -0.1) is 0 Å². The lowest BCUT2D eigenvalue weighted by molar-refractivity contribution is -0.152. The molecule has 3 heterocycles. The van der Waals surface area contributed by atoms with Crippen LogP contribution in [0.3, 0.4) is 0 Å². The molecule has 230 valence electrons. The normalized spacial score (nSPS) is 25.4. The number of ether oxygens (including phenoxy) is 5. The molecular weight excluding hydrogens is 546 g/mol. The summed E-state index contributed by atoms with van der Waals surface area (Å²) in [7, 11) is 1.23. The van der Waals surface area contributed by atoms with Crippen LogP contribution in [0, 0.1) is 5.41 Å². The van der Waals surface area contributed by atoms with Gasteiger partial charge in [0.25, 0.3) is 0 Å². The van der Waals surface area contributed by atoms with E-state index in [0.29, 0.717) is 25.4 Å². The minimum atomic E-state index is -1.04. The summed E-state index contributed by atoms with van der Waals surface area (Å²) in [4.78, 5) is 55.5. The summed E-state index contributed by atoms with van der Waals surface area (Å²) < 4.78 is 28.0. The maximum Gasteiger partial charge on any atom is 0.410 e. The van der Waals surface area contributed by atoms with Crippen molar-refractivity contribution in [2.45, 2.75) is 77.9 Å². The summed E-state index contributed by atoms with van der Waals surface area (Å²) in [5.41, 5.74) is 0.319. The summed E-state index contributed by atoms with van der Waals surface area (Å²) in [6, 6.07) is 3.65. The molecule has 0 spiro atoms. The van der Waals surface area contributed by atoms with Gasteiger partial charge in [-0.1, -0.05) is 39.0 Å². The number of benzene rings is 1. The zero-order valence-electron chi connectivity index (χ0n) is 25.1. The Morgan fingerprint density at radius 1 is 1.07 bits per heavy atom. The Bertz CT molecular complexity index is 1220. The average Bonchev–Trinajstić information content (AvgIpc) is 3.56. The zero-order valence-corrected chi connectivity index (χ0v) is 25.1. The van der Waals surface area contributed by atoms with Crippen molar-refractivity contribution in [3.05, 3.63) is 41.5 Å². The van der Waals surface area contributed by atoms with Crippen LogP contribution < -0.4 is 10.1 Å². The number of rotatable bonds is 1. The molecule has 42 heavy (non-hydrogen) atoms. The molecule has 4 bridgehead atoms. The maximum atomic E-state index is 13.9. The Morgan fingerprint density at radius 2 is 1.81 bits per heavy atom. The fourth-order valence-electron chi connectivity index (χ4n) is 5.16. The maximum absolute atomic E-state index is 13.9. The molecule has 0 saturated carbocycles. The van der Waals surface area contributed by atoms with E-state index in [-0.39, 0.29) is 26.2 Å². The van der Waals surface area contributed by atoms with Crippen LogP contribution >= 0.6 is 0 Å². The van der Waals surface area contributed by atoms with Crippen LogP contribution in [-0.4, -0.2) is 91.1 Å². The second-order valence-electron chi connectivity index (χ2n) is 12.4. The van der Waals surface area contributed by atoms with Crippen LogP contribution in [0.1, 0.15) is 52.2 Å². The largest absolute Gasteiger partial charge is 0.489 e. The molecule has 1 aromatic carbocycles. The smallest absolute Gasteiger partial charge is 0.410 e. The summed E-state index contributed by atoms with van der Waals surface area (Å²) in [5, 5.41) is 2.67. The highest BCUT2D eigenvalue weighted by molar-refractivity contribution is 5.91. The highest BCUT2D eigenvalue weighted by atomic mass is 16.6. The molecule has 12 heteroatoms. The van der Waals surface area contributed by atoms with Gasteiger partial charge < -0.3 is 33.9 Å². The van der Waals surface area contributed by atoms with Gasteiger partial charge in [0, 0.05) is 18.5 Å². The van der Waals surface area contributed by atoms with Crippen molar-refractivity contribution < 1.29 is 42.9 Å². The average molecular weight is 588 g/mol. The summed E-state index contributed by atoms with van der Waals surface area (Å²) in [5.74, 6) is -0.469. The van der Waals surface area contributed by atoms with E-state index in [4.69, 9.17) is 23.7 Å². The van der Waals surface area contributed by atoms with Crippen LogP contribution in [0.5, 0.6) is 5.75 Å². The van der Waals surface area contributed by atoms with Gasteiger partial charge in [-0.25, -0.2) is 14.4 Å². The van der Waals surface area contributed by atoms with E-state index in [9.17, 15) is 19.2 Å². The summed E-state index contributed by atoms with van der Waals surface area (Å²) >= 11 is 0. The van der Waals surface area contributed by atoms with Crippen molar-refractivity contribution in [3.8, 4) is 5.75 Å². The Kier molecular flexibility index (Phi) is 9.34. The van der Waals surface area contributed by atoms with Gasteiger partial charge in [0.05, 0.1) is 32.4 Å². The number of esters is 1. The van der Waals surface area contributed by atoms with Crippen molar-refractivity contribution >= 4 is 24.1 Å². The van der Waals surface area contributed by atoms with Gasteiger partial charge in [-0.3, -0.25) is 9.69 Å². The Labute approximate surface area is 246 Å². The lowest BCUT2D eigenvalue weighted by Gasteiger charge is -2.35. The molecule has 1 aromatic rings. The fraction of sp³-hybridized carbons (Fsp3) is 0.600. The topological polar surface area (TPSA) is 133 Å². The SMILES string of the molecule is COC(=O)C1C[C@@H]2CN1C(=O)[C@H](C(C)(C)C)NC(=O)OCC(C)(C)OCC=CCOc1cccc3c1CN(C3)C(=O)O2. The number of fused-ring (bicyclic) bond motifs is 3. The van der Waals surface area contributed by atoms with Crippen LogP contribution in [0.4, 0.5) is 9.59 Å². The van der Waals surface area contributed by atoms with Crippen molar-refractivity contribution in [1.29, 1.82) is 0 Å². The van der Waals surface area contributed by atoms with Gasteiger partial charge in [-0.2, -0.15) is 0 Å². The first kappa shape index (κ1) is 31.1. The number of hydrogen-bond donors (Lipinski definition) is 1. The van der Waals surface area contributed by atoms with Crippen LogP contribution in [0.25, 0.3) is 0 Å². The van der Waals surface area contributed by atoms with Crippen molar-refractivity contribution in [2.24, 2.45) is 5.41 Å². The lowest BCUT2D eigenvalue weighted by atomic mass is 9.85. The van der Waals surface area contributed by atoms with Gasteiger partial charge in [-0.05, 0) is 37.0 Å². The molecule has 0 aromatic heterocycles. The first-order valence-corrected chi connectivity index (χ1v) is 14.1. The number of nitrogens with one attached hydrogen (secondary N) is 1. The number of alkyl carbamates (subject to hydrolysis) is 1. The van der Waals surface area contributed by atoms with E-state index in [1.165, 1.54) is 12.0 Å². The Balaban J connectivity index is 1.60. The molecule has 0 radical (unpaired) electrons. The predicted octanol–water partition coefficient (Wildman–Crippen LogP) is 3.17. The molecule has 1 saturated heterocycles. The molecule has 4 rings (SSSR count). The van der Waals surface area contributed by atoms with E-state index >= 15 is 0 Å². The number of carbonyl (C=O) groups excluding carboxylic acids is 4. The molecule has 0 aliphatic carbocycles. The molecule has 12 nitrogen and oxygen atoms in total. The number of hydrogen-bond acceptors (Lipinski definition) is 9. The van der Waals surface area contributed by atoms with Gasteiger partial charge >= 0.3 is 18.2 Å². The Morgan fingerprint density at radius 3 is 2.52 bits per heavy atom. The second-order valence-corrected chi connectivity index (χ2v) is 12.4. The monoisotopic (exact) mass is 587 g/mol. The fourth-order valence-corrected chi connectivity index (χ4v) is 5.16. The Hall–Kier alpha value is -3.80. The number of nitrogens with zero attached hydrogens (tertiary/aromatic N) is 2. The van der Waals surface area contributed by atoms with E-state index in [0.717, 1.165) is 11.1 Å². The van der Waals surface area contributed by atoms with Crippen LogP contribution in [-0.2, 0) is 41.6 Å². The third-order valence-corrected chi connectivity index (χ3v) is 7.48. The third-order valence-electron chi connectivity index (χ3n) is 7.48. The first-order chi connectivity index (χ1) is 19.8. The molecule has 3 aliphatic rings. The quantitative estimate of drug-likeness (QED) is 0.299. The number of carbonyl (C=O) groups is 4. The van der Waals surface area contributed by atoms with Gasteiger partial charge in [0.1, 0.15) is 37.2 Å². The van der Waals surface area contributed by atoms with Crippen molar-refractivity contribution in [3.63, 3.8) is 0 Å². The predicted molar refractivity (Wildman–Crippen MR) is 150 cm³/mol. The van der Waals surface area contributed by atoms with E-state index in [1.807, 2.05) is 30.4 Å². The van der Waals surface area contributed by atoms with Crippen molar-refractivity contribution in [2.75, 3.05) is 33.5 Å². The van der Waals surface area contributed by atoms with Gasteiger partial charge in [0.2, 0.25) is 5.91 Å². The molecular formula is C30H41N3O9. The van der Waals surface area contributed by atoms with E-state index in [2.05, 4.69) is 5.32 Å². The third kappa shape index (κ3) is 7.33. The molecule has 3 aliphatic heterocycles. The molecule has 1 unspecified atom stereocenters. The molecule has 1 N–H and O–H groups in total. The van der Waals surface area contributed by atoms with Crippen molar-refractivity contribution in [1.82, 2.24) is 15.1 Å². The number of amides is 3. The van der Waals surface area contributed by atoms with Crippen LogP contribution in [0.15, 0.2) is 30.4 Å². The lowest BCUT2D eigenvalue weighted by Crippen LogP contribution is -2.57. The van der Waals surface area contributed by atoms with E-state index in [1.54, 1.807) is 39.5 Å². The number of methoxy groups -OCH3 is 1. The minimum Gasteiger partial charge on any atom is -0.489 e. The second kappa shape index (κ2) is 12.6. The minimum absolute atomic E-state index is 0.0317. The standard InChI is InChI=1S/C30H41N3O9/c1-29(2,3)24-25(34)33-16-20(14-22(33)26(35)38-6)42-28(37)32-15-19-10-9-11-23(21(19)17-32)39-12-7-8-13-41-30(4,5)18-40-27(36)31-24/h7-11,20,22,24H,12-18H2,1-6H3,(H,31,36)/t20-,22?,24-/m1/s1. The van der Waals surface area contributed by atoms with E-state index < -0.39 is 53.3 Å². The summed E-state index contributed by atoms with van der Waals surface area (Å²) in [6.07, 6.45) is 1.61. The number of cyclic esters (lactones) is 1. The zero-order chi connectivity index (χ0) is 30.7. The molecule has 3 amide bonds. The van der Waals surface area contributed by atoms with Crippen LogP contribution in [0.2, 0.25) is 0 Å².